The van der Waals surface area contributed by atoms with Crippen molar-refractivity contribution < 1.29 is 50.5 Å². The Morgan fingerprint density at radius 3 is 2.30 bits per heavy atom. The lowest BCUT2D eigenvalue weighted by molar-refractivity contribution is -0.286. The molecule has 0 bridgehead atoms. The molecule has 1 saturated carbocycles. The fraction of sp³-hybridized carbons (Fsp3) is 0.208. The van der Waals surface area contributed by atoms with Crippen LogP contribution in [0.3, 0.4) is 0 Å². The minimum atomic E-state index is -4.89. The van der Waals surface area contributed by atoms with E-state index in [2.05, 4.69) is 19.8 Å². The zero-order chi connectivity index (χ0) is 26.8. The second-order valence-corrected chi connectivity index (χ2v) is 8.46. The number of aromatic carboxylic acids is 1. The van der Waals surface area contributed by atoms with E-state index in [0.29, 0.717) is 30.5 Å². The molecule has 2 aromatic carbocycles. The number of aromatic nitrogens is 1. The van der Waals surface area contributed by atoms with Crippen LogP contribution in [0.15, 0.2) is 48.5 Å². The van der Waals surface area contributed by atoms with Gasteiger partial charge >= 0.3 is 18.4 Å². The first-order chi connectivity index (χ1) is 17.3. The Hall–Kier alpha value is -4.29. The van der Waals surface area contributed by atoms with Crippen LogP contribution < -0.4 is 14.8 Å². The van der Waals surface area contributed by atoms with E-state index >= 15 is 0 Å². The van der Waals surface area contributed by atoms with Gasteiger partial charge in [-0.2, -0.15) is 13.2 Å². The molecule has 5 rings (SSSR count). The largest absolute Gasteiger partial charge is 0.586 e. The molecular formula is C24H14F6N2O5. The third-order valence-corrected chi connectivity index (χ3v) is 6.05. The Balaban J connectivity index is 1.46. The number of halogens is 6. The van der Waals surface area contributed by atoms with E-state index in [0.717, 1.165) is 18.2 Å². The lowest BCUT2D eigenvalue weighted by atomic mass is 9.94. The monoisotopic (exact) mass is 524 g/mol. The highest BCUT2D eigenvalue weighted by Crippen LogP contribution is 2.52. The number of rotatable bonds is 5. The van der Waals surface area contributed by atoms with E-state index in [9.17, 15) is 35.9 Å². The van der Waals surface area contributed by atoms with Gasteiger partial charge in [0.1, 0.15) is 11.6 Å². The van der Waals surface area contributed by atoms with E-state index in [1.165, 1.54) is 18.2 Å². The van der Waals surface area contributed by atoms with E-state index < -0.39 is 52.4 Å². The molecular weight excluding hydrogens is 510 g/mol. The molecule has 1 aromatic heterocycles. The summed E-state index contributed by atoms with van der Waals surface area (Å²) in [6, 6.07) is 7.84. The number of anilines is 1. The predicted octanol–water partition coefficient (Wildman–Crippen LogP) is 5.60. The molecule has 13 heteroatoms. The van der Waals surface area contributed by atoms with Gasteiger partial charge in [0.05, 0.1) is 22.2 Å². The Labute approximate surface area is 203 Å². The average molecular weight is 524 g/mol. The molecule has 2 heterocycles. The molecule has 0 spiro atoms. The maximum absolute atomic E-state index is 14.2. The van der Waals surface area contributed by atoms with Crippen LogP contribution in [-0.4, -0.2) is 28.3 Å². The molecule has 0 saturated heterocycles. The molecule has 1 amide bonds. The van der Waals surface area contributed by atoms with Crippen molar-refractivity contribution in [1.29, 1.82) is 0 Å². The summed E-state index contributed by atoms with van der Waals surface area (Å²) >= 11 is 0. The molecule has 2 aliphatic rings. The quantitative estimate of drug-likeness (QED) is 0.422. The summed E-state index contributed by atoms with van der Waals surface area (Å²) < 4.78 is 90.5. The summed E-state index contributed by atoms with van der Waals surface area (Å²) in [5.41, 5.74) is -3.87. The molecule has 1 aliphatic heterocycles. The summed E-state index contributed by atoms with van der Waals surface area (Å²) in [7, 11) is 0. The van der Waals surface area contributed by atoms with Gasteiger partial charge in [-0.15, -0.1) is 8.78 Å². The maximum atomic E-state index is 14.2. The number of alkyl halides is 5. The van der Waals surface area contributed by atoms with Crippen molar-refractivity contribution >= 4 is 17.7 Å². The molecule has 0 atom stereocenters. The number of pyridine rings is 1. The first kappa shape index (κ1) is 24.4. The summed E-state index contributed by atoms with van der Waals surface area (Å²) in [4.78, 5) is 28.0. The van der Waals surface area contributed by atoms with Crippen molar-refractivity contribution in [3.8, 4) is 22.8 Å². The number of nitrogens with zero attached hydrogens (tertiary/aromatic N) is 1. The van der Waals surface area contributed by atoms with Gasteiger partial charge in [0.2, 0.25) is 5.91 Å². The molecule has 1 aliphatic carbocycles. The highest BCUT2D eigenvalue weighted by molar-refractivity contribution is 6.01. The molecule has 0 radical (unpaired) electrons. The SMILES string of the molecule is O=C(O)c1ccc(-c2nc(NC(=O)C3(c4ccc5c(c4)OC(F)(F)O5)CC3)ccc2C(F)(F)F)cc1F. The molecule has 37 heavy (non-hydrogen) atoms. The van der Waals surface area contributed by atoms with Crippen LogP contribution >= 0.6 is 0 Å². The van der Waals surface area contributed by atoms with Crippen molar-refractivity contribution in [2.45, 2.75) is 30.7 Å². The van der Waals surface area contributed by atoms with Crippen molar-refractivity contribution in [3.05, 3.63) is 71.0 Å². The summed E-state index contributed by atoms with van der Waals surface area (Å²) in [6.45, 7) is 0. The van der Waals surface area contributed by atoms with E-state index in [1.807, 2.05) is 0 Å². The van der Waals surface area contributed by atoms with Crippen LogP contribution in [-0.2, 0) is 16.4 Å². The second-order valence-electron chi connectivity index (χ2n) is 8.46. The molecule has 0 unspecified atom stereocenters. The predicted molar refractivity (Wildman–Crippen MR) is 114 cm³/mol. The first-order valence-corrected chi connectivity index (χ1v) is 10.6. The number of carbonyl (C=O) groups is 2. The summed E-state index contributed by atoms with van der Waals surface area (Å²) in [5.74, 6) is -4.27. The van der Waals surface area contributed by atoms with Crippen LogP contribution in [0.2, 0.25) is 0 Å². The number of nitrogens with one attached hydrogen (secondary N) is 1. The number of benzene rings is 2. The fourth-order valence-electron chi connectivity index (χ4n) is 4.07. The number of carboxylic acids is 1. The first-order valence-electron chi connectivity index (χ1n) is 10.6. The van der Waals surface area contributed by atoms with Crippen LogP contribution in [0, 0.1) is 5.82 Å². The maximum Gasteiger partial charge on any atom is 0.586 e. The van der Waals surface area contributed by atoms with Crippen LogP contribution in [0.25, 0.3) is 11.3 Å². The number of hydrogen-bond donors (Lipinski definition) is 2. The molecule has 1 fully saturated rings. The topological polar surface area (TPSA) is 97.8 Å². The van der Waals surface area contributed by atoms with E-state index in [-0.39, 0.29) is 22.9 Å². The van der Waals surface area contributed by atoms with E-state index in [4.69, 9.17) is 5.11 Å². The van der Waals surface area contributed by atoms with Gasteiger partial charge < -0.3 is 19.9 Å². The average Bonchev–Trinajstić information content (AvgIpc) is 3.55. The van der Waals surface area contributed by atoms with Crippen molar-refractivity contribution in [3.63, 3.8) is 0 Å². The summed E-state index contributed by atoms with van der Waals surface area (Å²) in [6.07, 6.45) is -8.09. The Morgan fingerprint density at radius 2 is 1.68 bits per heavy atom. The highest BCUT2D eigenvalue weighted by Gasteiger charge is 2.53. The highest BCUT2D eigenvalue weighted by atomic mass is 19.4. The number of carbonyl (C=O) groups excluding carboxylic acids is 1. The Morgan fingerprint density at radius 1 is 0.973 bits per heavy atom. The van der Waals surface area contributed by atoms with Gasteiger partial charge in [0.25, 0.3) is 0 Å². The van der Waals surface area contributed by atoms with Crippen LogP contribution in [0.4, 0.5) is 32.2 Å². The zero-order valence-electron chi connectivity index (χ0n) is 18.3. The lowest BCUT2D eigenvalue weighted by Gasteiger charge is -2.18. The van der Waals surface area contributed by atoms with Gasteiger partial charge in [-0.25, -0.2) is 14.2 Å². The minimum absolute atomic E-state index is 0.208. The Kier molecular flexibility index (Phi) is 5.35. The lowest BCUT2D eigenvalue weighted by Crippen LogP contribution is -2.28. The zero-order valence-corrected chi connectivity index (χ0v) is 18.3. The number of hydrogen-bond acceptors (Lipinski definition) is 5. The fourth-order valence-corrected chi connectivity index (χ4v) is 4.07. The van der Waals surface area contributed by atoms with Crippen LogP contribution in [0.5, 0.6) is 11.5 Å². The van der Waals surface area contributed by atoms with Gasteiger partial charge in [0.15, 0.2) is 11.5 Å². The summed E-state index contributed by atoms with van der Waals surface area (Å²) in [5, 5.41) is 11.4. The number of fused-ring (bicyclic) bond motifs is 1. The molecule has 3 aromatic rings. The number of ether oxygens (including phenoxy) is 2. The number of carboxylic acid groups (broad SMARTS) is 1. The third kappa shape index (κ3) is 4.41. The minimum Gasteiger partial charge on any atom is -0.478 e. The number of amides is 1. The third-order valence-electron chi connectivity index (χ3n) is 6.05. The molecule has 192 valence electrons. The second kappa shape index (κ2) is 8.11. The van der Waals surface area contributed by atoms with Crippen molar-refractivity contribution in [2.75, 3.05) is 5.32 Å². The van der Waals surface area contributed by atoms with Crippen molar-refractivity contribution in [2.24, 2.45) is 0 Å². The van der Waals surface area contributed by atoms with Crippen molar-refractivity contribution in [1.82, 2.24) is 4.98 Å². The van der Waals surface area contributed by atoms with Crippen LogP contribution in [0.1, 0.15) is 34.3 Å². The Bertz CT molecular complexity index is 1450. The van der Waals surface area contributed by atoms with Gasteiger partial charge in [-0.3, -0.25) is 4.79 Å². The molecule has 2 N–H and O–H groups in total. The normalized spacial score (nSPS) is 16.8. The molecule has 7 nitrogen and oxygen atoms in total. The standard InChI is InChI=1S/C24H14F6N2O5/c25-15-9-11(1-3-13(15)20(33)34)19-14(23(26,27)28)4-6-18(31-19)32-21(35)22(7-8-22)12-2-5-16-17(10-12)37-24(29,30)36-16/h1-6,9-10H,7-8H2,(H,33,34)(H,31,32,35). The van der Waals surface area contributed by atoms with E-state index in [1.54, 1.807) is 0 Å². The van der Waals surface area contributed by atoms with Gasteiger partial charge in [-0.05, 0) is 54.8 Å². The van der Waals surface area contributed by atoms with Gasteiger partial charge in [0, 0.05) is 5.56 Å². The van der Waals surface area contributed by atoms with Gasteiger partial charge in [-0.1, -0.05) is 12.1 Å². The smallest absolute Gasteiger partial charge is 0.478 e.